The lowest BCUT2D eigenvalue weighted by molar-refractivity contribution is 0.317. The van der Waals surface area contributed by atoms with Crippen LogP contribution in [-0.2, 0) is 0 Å². The van der Waals surface area contributed by atoms with Gasteiger partial charge < -0.3 is 4.74 Å². The highest BCUT2D eigenvalue weighted by molar-refractivity contribution is 9.09. The van der Waals surface area contributed by atoms with Crippen LogP contribution < -0.4 is 4.74 Å². The maximum absolute atomic E-state index is 5.65. The van der Waals surface area contributed by atoms with E-state index in [0.717, 1.165) is 36.1 Å². The Balaban J connectivity index is 2.67. The van der Waals surface area contributed by atoms with E-state index < -0.39 is 0 Å². The third-order valence-corrected chi connectivity index (χ3v) is 2.41. The standard InChI is InChI=1S/C13H17BrO/c1-2-11-15-13-9-4-3-7-12(13)8-5-6-10-14/h3-5,7-9H,2,6,10-11H2,1H3/b8-5+. The Labute approximate surface area is 100 Å². The van der Waals surface area contributed by atoms with Crippen molar-refractivity contribution in [2.75, 3.05) is 11.9 Å². The van der Waals surface area contributed by atoms with Gasteiger partial charge in [0.1, 0.15) is 5.75 Å². The lowest BCUT2D eigenvalue weighted by atomic mass is 10.2. The molecule has 0 N–H and O–H groups in total. The molecule has 1 rings (SSSR count). The molecule has 0 amide bonds. The van der Waals surface area contributed by atoms with Gasteiger partial charge in [0.2, 0.25) is 0 Å². The first-order valence-corrected chi connectivity index (χ1v) is 6.45. The van der Waals surface area contributed by atoms with E-state index in [-0.39, 0.29) is 0 Å². The van der Waals surface area contributed by atoms with Crippen molar-refractivity contribution in [1.82, 2.24) is 0 Å². The number of rotatable bonds is 6. The molecule has 1 aromatic carbocycles. The first-order valence-electron chi connectivity index (χ1n) is 5.32. The van der Waals surface area contributed by atoms with E-state index in [1.54, 1.807) is 0 Å². The van der Waals surface area contributed by atoms with E-state index >= 15 is 0 Å². The van der Waals surface area contributed by atoms with Crippen molar-refractivity contribution in [3.05, 3.63) is 35.9 Å². The second-order valence-electron chi connectivity index (χ2n) is 3.27. The zero-order chi connectivity index (χ0) is 10.9. The molecule has 0 saturated carbocycles. The first kappa shape index (κ1) is 12.3. The average Bonchev–Trinajstić information content (AvgIpc) is 2.28. The van der Waals surface area contributed by atoms with Crippen LogP contribution >= 0.6 is 15.9 Å². The van der Waals surface area contributed by atoms with Gasteiger partial charge in [-0.1, -0.05) is 53.2 Å². The fraction of sp³-hybridized carbons (Fsp3) is 0.385. The largest absolute Gasteiger partial charge is 0.493 e. The van der Waals surface area contributed by atoms with Gasteiger partial charge >= 0.3 is 0 Å². The zero-order valence-corrected chi connectivity index (χ0v) is 10.7. The summed E-state index contributed by atoms with van der Waals surface area (Å²) < 4.78 is 5.65. The van der Waals surface area contributed by atoms with E-state index in [9.17, 15) is 0 Å². The Kier molecular flexibility index (Phi) is 6.17. The van der Waals surface area contributed by atoms with Crippen LogP contribution in [-0.4, -0.2) is 11.9 Å². The molecular formula is C13H17BrO. The molecule has 0 radical (unpaired) electrons. The number of benzene rings is 1. The number of hydrogen-bond donors (Lipinski definition) is 0. The smallest absolute Gasteiger partial charge is 0.126 e. The van der Waals surface area contributed by atoms with Crippen LogP contribution in [0.1, 0.15) is 25.3 Å². The molecular weight excluding hydrogens is 252 g/mol. The summed E-state index contributed by atoms with van der Waals surface area (Å²) in [5, 5.41) is 1.00. The minimum atomic E-state index is 0.781. The molecule has 0 saturated heterocycles. The molecule has 82 valence electrons. The first-order chi connectivity index (χ1) is 7.38. The van der Waals surface area contributed by atoms with E-state index in [0.29, 0.717) is 0 Å². The van der Waals surface area contributed by atoms with Gasteiger partial charge in [0, 0.05) is 10.9 Å². The van der Waals surface area contributed by atoms with Gasteiger partial charge in [0.25, 0.3) is 0 Å². The van der Waals surface area contributed by atoms with Crippen LogP contribution in [0.5, 0.6) is 5.75 Å². The summed E-state index contributed by atoms with van der Waals surface area (Å²) >= 11 is 3.40. The number of para-hydroxylation sites is 1. The number of halogens is 1. The maximum Gasteiger partial charge on any atom is 0.126 e. The van der Waals surface area contributed by atoms with E-state index in [2.05, 4.69) is 41.1 Å². The summed E-state index contributed by atoms with van der Waals surface area (Å²) in [7, 11) is 0. The normalized spacial score (nSPS) is 10.8. The highest BCUT2D eigenvalue weighted by atomic mass is 79.9. The highest BCUT2D eigenvalue weighted by Crippen LogP contribution is 2.19. The van der Waals surface area contributed by atoms with Gasteiger partial charge in [-0.05, 0) is 18.9 Å². The lowest BCUT2D eigenvalue weighted by Gasteiger charge is -2.07. The molecule has 0 aliphatic carbocycles. The summed E-state index contributed by atoms with van der Waals surface area (Å²) in [6.07, 6.45) is 6.36. The Bertz CT molecular complexity index is 307. The number of ether oxygens (including phenoxy) is 1. The Morgan fingerprint density at radius 1 is 1.33 bits per heavy atom. The topological polar surface area (TPSA) is 9.23 Å². The van der Waals surface area contributed by atoms with Crippen molar-refractivity contribution in [3.8, 4) is 5.75 Å². The van der Waals surface area contributed by atoms with Crippen molar-refractivity contribution in [2.45, 2.75) is 19.8 Å². The van der Waals surface area contributed by atoms with Gasteiger partial charge in [0.15, 0.2) is 0 Å². The van der Waals surface area contributed by atoms with E-state index in [1.165, 1.54) is 0 Å². The predicted octanol–water partition coefficient (Wildman–Crippen LogP) is 4.27. The monoisotopic (exact) mass is 268 g/mol. The summed E-state index contributed by atoms with van der Waals surface area (Å²) in [5.74, 6) is 0.977. The van der Waals surface area contributed by atoms with Gasteiger partial charge in [0.05, 0.1) is 6.61 Å². The zero-order valence-electron chi connectivity index (χ0n) is 9.08. The van der Waals surface area contributed by atoms with Crippen molar-refractivity contribution >= 4 is 22.0 Å². The molecule has 15 heavy (non-hydrogen) atoms. The van der Waals surface area contributed by atoms with Gasteiger partial charge in [-0.2, -0.15) is 0 Å². The van der Waals surface area contributed by atoms with Gasteiger partial charge in [-0.15, -0.1) is 0 Å². The summed E-state index contributed by atoms with van der Waals surface area (Å²) in [6, 6.07) is 8.14. The molecule has 0 aliphatic heterocycles. The highest BCUT2D eigenvalue weighted by Gasteiger charge is 1.97. The Morgan fingerprint density at radius 2 is 2.13 bits per heavy atom. The van der Waals surface area contributed by atoms with Crippen LogP contribution in [0.2, 0.25) is 0 Å². The average molecular weight is 269 g/mol. The molecule has 2 heteroatoms. The molecule has 0 bridgehead atoms. The van der Waals surface area contributed by atoms with Crippen LogP contribution in [0.4, 0.5) is 0 Å². The quantitative estimate of drug-likeness (QED) is 0.700. The summed E-state index contributed by atoms with van der Waals surface area (Å²) in [4.78, 5) is 0. The predicted molar refractivity (Wildman–Crippen MR) is 69.7 cm³/mol. The van der Waals surface area contributed by atoms with Crippen molar-refractivity contribution in [3.63, 3.8) is 0 Å². The molecule has 0 unspecified atom stereocenters. The molecule has 0 heterocycles. The van der Waals surface area contributed by atoms with Gasteiger partial charge in [-0.25, -0.2) is 0 Å². The third kappa shape index (κ3) is 4.52. The molecule has 1 nitrogen and oxygen atoms in total. The molecule has 0 atom stereocenters. The summed E-state index contributed by atoms with van der Waals surface area (Å²) in [5.41, 5.74) is 1.16. The fourth-order valence-corrected chi connectivity index (χ4v) is 1.50. The molecule has 0 spiro atoms. The second kappa shape index (κ2) is 7.52. The number of hydrogen-bond acceptors (Lipinski definition) is 1. The third-order valence-electron chi connectivity index (χ3n) is 1.95. The molecule has 0 aromatic heterocycles. The van der Waals surface area contributed by atoms with E-state index in [1.807, 2.05) is 18.2 Å². The van der Waals surface area contributed by atoms with Crippen LogP contribution in [0.3, 0.4) is 0 Å². The summed E-state index contributed by atoms with van der Waals surface area (Å²) in [6.45, 7) is 2.90. The minimum absolute atomic E-state index is 0.781. The van der Waals surface area contributed by atoms with Crippen LogP contribution in [0, 0.1) is 0 Å². The molecule has 0 aliphatic rings. The number of alkyl halides is 1. The fourth-order valence-electron chi connectivity index (χ4n) is 1.23. The minimum Gasteiger partial charge on any atom is -0.493 e. The Hall–Kier alpha value is -0.760. The lowest BCUT2D eigenvalue weighted by Crippen LogP contribution is -1.96. The van der Waals surface area contributed by atoms with Crippen LogP contribution in [0.15, 0.2) is 30.3 Å². The van der Waals surface area contributed by atoms with Crippen molar-refractivity contribution in [2.24, 2.45) is 0 Å². The molecule has 0 fully saturated rings. The van der Waals surface area contributed by atoms with Crippen molar-refractivity contribution in [1.29, 1.82) is 0 Å². The van der Waals surface area contributed by atoms with Crippen LogP contribution in [0.25, 0.3) is 6.08 Å². The molecule has 1 aromatic rings. The SMILES string of the molecule is CCCOc1ccccc1/C=C/CCBr. The van der Waals surface area contributed by atoms with E-state index in [4.69, 9.17) is 4.74 Å². The van der Waals surface area contributed by atoms with Gasteiger partial charge in [-0.3, -0.25) is 0 Å². The van der Waals surface area contributed by atoms with Crippen molar-refractivity contribution < 1.29 is 4.74 Å². The maximum atomic E-state index is 5.65. The second-order valence-corrected chi connectivity index (χ2v) is 4.06. The Morgan fingerprint density at radius 3 is 2.87 bits per heavy atom. The number of allylic oxidation sites excluding steroid dienone is 1.